The third-order valence-corrected chi connectivity index (χ3v) is 5.08. The largest absolute Gasteiger partial charge is 0.456 e. The highest BCUT2D eigenvalue weighted by atomic mass is 16.3. The molecule has 4 nitrogen and oxygen atoms in total. The molecule has 0 radical (unpaired) electrons. The molecular weight excluding hydrogens is 288 g/mol. The molecule has 4 heteroatoms. The summed E-state index contributed by atoms with van der Waals surface area (Å²) in [5, 5.41) is 1.33. The number of hydrogen-bond donors (Lipinski definition) is 0. The predicted molar refractivity (Wildman–Crippen MR) is 93.7 cm³/mol. The highest BCUT2D eigenvalue weighted by Gasteiger charge is 2.18. The van der Waals surface area contributed by atoms with Crippen LogP contribution in [0, 0.1) is 0 Å². The number of benzene rings is 2. The van der Waals surface area contributed by atoms with Gasteiger partial charge >= 0.3 is 0 Å². The van der Waals surface area contributed by atoms with Crippen molar-refractivity contribution in [3.8, 4) is 0 Å². The third-order valence-electron chi connectivity index (χ3n) is 5.08. The van der Waals surface area contributed by atoms with Gasteiger partial charge in [0.2, 0.25) is 5.43 Å². The van der Waals surface area contributed by atoms with Gasteiger partial charge in [0, 0.05) is 49.7 Å². The minimum atomic E-state index is 0.0616. The van der Waals surface area contributed by atoms with Crippen molar-refractivity contribution in [2.75, 3.05) is 36.0 Å². The molecular formula is C19H18N2O2. The molecule has 23 heavy (non-hydrogen) atoms. The van der Waals surface area contributed by atoms with Gasteiger partial charge in [0.15, 0.2) is 0 Å². The van der Waals surface area contributed by atoms with Crippen molar-refractivity contribution < 1.29 is 4.42 Å². The molecule has 5 rings (SSSR count). The SMILES string of the molecule is O=c1c2ccc(N3CCC3)cc2oc2cc(N3CCC3)ccc12. The van der Waals surface area contributed by atoms with Gasteiger partial charge in [0.25, 0.3) is 0 Å². The second-order valence-electron chi connectivity index (χ2n) is 6.47. The van der Waals surface area contributed by atoms with Crippen LogP contribution in [0.15, 0.2) is 45.6 Å². The average molecular weight is 306 g/mol. The molecule has 0 atom stereocenters. The van der Waals surface area contributed by atoms with Gasteiger partial charge in [-0.3, -0.25) is 4.79 Å². The van der Waals surface area contributed by atoms with Gasteiger partial charge in [-0.25, -0.2) is 0 Å². The first kappa shape index (κ1) is 13.0. The first-order valence-electron chi connectivity index (χ1n) is 8.30. The quantitative estimate of drug-likeness (QED) is 0.680. The Labute approximate surface area is 133 Å². The summed E-state index contributed by atoms with van der Waals surface area (Å²) in [4.78, 5) is 17.3. The summed E-state index contributed by atoms with van der Waals surface area (Å²) in [5.41, 5.74) is 3.72. The van der Waals surface area contributed by atoms with Gasteiger partial charge in [0.1, 0.15) is 11.2 Å². The van der Waals surface area contributed by atoms with Gasteiger partial charge in [0.05, 0.1) is 10.8 Å². The summed E-state index contributed by atoms with van der Waals surface area (Å²) in [5.74, 6) is 0. The van der Waals surface area contributed by atoms with E-state index in [9.17, 15) is 4.79 Å². The number of rotatable bonds is 2. The Kier molecular flexibility index (Phi) is 2.68. The molecule has 1 aromatic heterocycles. The smallest absolute Gasteiger partial charge is 0.200 e. The van der Waals surface area contributed by atoms with Crippen LogP contribution in [0.25, 0.3) is 21.9 Å². The Bertz CT molecular complexity index is 893. The Balaban J connectivity index is 1.70. The second-order valence-corrected chi connectivity index (χ2v) is 6.47. The van der Waals surface area contributed by atoms with E-state index >= 15 is 0 Å². The second kappa shape index (κ2) is 4.75. The van der Waals surface area contributed by atoms with Crippen LogP contribution in [-0.2, 0) is 0 Å². The lowest BCUT2D eigenvalue weighted by molar-refractivity contribution is 0.613. The summed E-state index contributed by atoms with van der Waals surface area (Å²) < 4.78 is 6.09. The number of fused-ring (bicyclic) bond motifs is 2. The summed E-state index contributed by atoms with van der Waals surface area (Å²) in [6.07, 6.45) is 2.47. The zero-order chi connectivity index (χ0) is 15.4. The van der Waals surface area contributed by atoms with Crippen molar-refractivity contribution in [3.63, 3.8) is 0 Å². The normalized spacial score (nSPS) is 17.4. The minimum Gasteiger partial charge on any atom is -0.456 e. The highest BCUT2D eigenvalue weighted by molar-refractivity contribution is 5.92. The van der Waals surface area contributed by atoms with Crippen LogP contribution in [0.2, 0.25) is 0 Å². The average Bonchev–Trinajstić information content (AvgIpc) is 2.43. The minimum absolute atomic E-state index is 0.0616. The molecule has 2 aliphatic rings. The standard InChI is InChI=1S/C19H18N2O2/c22-19-15-5-3-13(20-7-1-8-20)11-17(15)23-18-12-14(4-6-16(18)19)21-9-2-10-21/h3-6,11-12H,1-2,7-10H2. The fourth-order valence-corrected chi connectivity index (χ4v) is 3.37. The molecule has 0 aliphatic carbocycles. The molecule has 2 saturated heterocycles. The van der Waals surface area contributed by atoms with E-state index in [4.69, 9.17) is 4.42 Å². The zero-order valence-electron chi connectivity index (χ0n) is 12.9. The van der Waals surface area contributed by atoms with Crippen LogP contribution in [0.5, 0.6) is 0 Å². The number of anilines is 2. The maximum Gasteiger partial charge on any atom is 0.200 e. The fraction of sp³-hybridized carbons (Fsp3) is 0.316. The molecule has 2 fully saturated rings. The molecule has 0 bridgehead atoms. The Morgan fingerprint density at radius 2 is 1.22 bits per heavy atom. The number of hydrogen-bond acceptors (Lipinski definition) is 4. The molecule has 3 heterocycles. The monoisotopic (exact) mass is 306 g/mol. The van der Waals surface area contributed by atoms with Crippen LogP contribution in [-0.4, -0.2) is 26.2 Å². The van der Waals surface area contributed by atoms with E-state index in [1.54, 1.807) is 0 Å². The van der Waals surface area contributed by atoms with Gasteiger partial charge in [-0.15, -0.1) is 0 Å². The lowest BCUT2D eigenvalue weighted by atomic mass is 10.1. The first-order valence-corrected chi connectivity index (χ1v) is 8.30. The van der Waals surface area contributed by atoms with Crippen LogP contribution in [0.1, 0.15) is 12.8 Å². The Morgan fingerprint density at radius 3 is 1.61 bits per heavy atom. The van der Waals surface area contributed by atoms with Crippen LogP contribution in [0.4, 0.5) is 11.4 Å². The molecule has 2 aromatic carbocycles. The summed E-state index contributed by atoms with van der Waals surface area (Å²) in [6, 6.07) is 11.9. The van der Waals surface area contributed by atoms with E-state index in [0.717, 1.165) is 37.6 Å². The molecule has 0 spiro atoms. The molecule has 3 aromatic rings. The Morgan fingerprint density at radius 1 is 0.739 bits per heavy atom. The van der Waals surface area contributed by atoms with Gasteiger partial charge in [-0.2, -0.15) is 0 Å². The van der Waals surface area contributed by atoms with Crippen molar-refractivity contribution in [3.05, 3.63) is 46.6 Å². The van der Waals surface area contributed by atoms with Crippen LogP contribution >= 0.6 is 0 Å². The predicted octanol–water partition coefficient (Wildman–Crippen LogP) is 3.37. The zero-order valence-corrected chi connectivity index (χ0v) is 12.9. The van der Waals surface area contributed by atoms with Crippen molar-refractivity contribution in [2.24, 2.45) is 0 Å². The fourth-order valence-electron chi connectivity index (χ4n) is 3.37. The van der Waals surface area contributed by atoms with Crippen molar-refractivity contribution in [2.45, 2.75) is 12.8 Å². The number of nitrogens with zero attached hydrogens (tertiary/aromatic N) is 2. The molecule has 0 saturated carbocycles. The molecule has 2 aliphatic heterocycles. The van der Waals surface area contributed by atoms with Crippen LogP contribution in [0.3, 0.4) is 0 Å². The van der Waals surface area contributed by atoms with Crippen LogP contribution < -0.4 is 15.2 Å². The molecule has 0 amide bonds. The molecule has 0 unspecified atom stereocenters. The van der Waals surface area contributed by atoms with E-state index in [2.05, 4.69) is 9.80 Å². The Hall–Kier alpha value is -2.49. The van der Waals surface area contributed by atoms with E-state index in [1.165, 1.54) is 12.8 Å². The topological polar surface area (TPSA) is 36.7 Å². The van der Waals surface area contributed by atoms with Gasteiger partial charge in [-0.05, 0) is 37.1 Å². The molecule has 0 N–H and O–H groups in total. The van der Waals surface area contributed by atoms with E-state index in [-0.39, 0.29) is 5.43 Å². The molecule has 116 valence electrons. The summed E-state index contributed by atoms with van der Waals surface area (Å²) in [6.45, 7) is 4.34. The first-order chi connectivity index (χ1) is 11.3. The van der Waals surface area contributed by atoms with E-state index in [0.29, 0.717) is 21.9 Å². The van der Waals surface area contributed by atoms with Crippen molar-refractivity contribution in [1.82, 2.24) is 0 Å². The highest BCUT2D eigenvalue weighted by Crippen LogP contribution is 2.29. The van der Waals surface area contributed by atoms with E-state index < -0.39 is 0 Å². The maximum absolute atomic E-state index is 12.7. The lowest BCUT2D eigenvalue weighted by Crippen LogP contribution is -2.37. The van der Waals surface area contributed by atoms with Crippen molar-refractivity contribution in [1.29, 1.82) is 0 Å². The van der Waals surface area contributed by atoms with E-state index in [1.807, 2.05) is 36.4 Å². The lowest BCUT2D eigenvalue weighted by Gasteiger charge is -2.33. The van der Waals surface area contributed by atoms with Gasteiger partial charge < -0.3 is 14.2 Å². The van der Waals surface area contributed by atoms with Crippen molar-refractivity contribution >= 4 is 33.3 Å². The maximum atomic E-state index is 12.7. The van der Waals surface area contributed by atoms with Gasteiger partial charge in [-0.1, -0.05) is 0 Å². The summed E-state index contributed by atoms with van der Waals surface area (Å²) in [7, 11) is 0. The third kappa shape index (κ3) is 1.94. The summed E-state index contributed by atoms with van der Waals surface area (Å²) >= 11 is 0.